The maximum Gasteiger partial charge on any atom is 0.417 e. The molecular formula is C18H12ClF3N6O. The topological polar surface area (TPSA) is 76.8 Å². The molecule has 4 rings (SSSR count). The van der Waals surface area contributed by atoms with Crippen molar-refractivity contribution in [2.45, 2.75) is 19.3 Å². The van der Waals surface area contributed by atoms with E-state index in [1.165, 1.54) is 29.6 Å². The van der Waals surface area contributed by atoms with Crippen LogP contribution in [0.5, 0.6) is 0 Å². The Balaban J connectivity index is 1.67. The molecule has 0 fully saturated rings. The highest BCUT2D eigenvalue weighted by Gasteiger charge is 2.36. The first-order valence-corrected chi connectivity index (χ1v) is 8.69. The maximum atomic E-state index is 13.1. The van der Waals surface area contributed by atoms with Gasteiger partial charge in [0, 0.05) is 18.1 Å². The number of alkyl halides is 3. The largest absolute Gasteiger partial charge is 0.417 e. The Morgan fingerprint density at radius 3 is 2.66 bits per heavy atom. The van der Waals surface area contributed by atoms with Crippen LogP contribution >= 0.6 is 11.6 Å². The zero-order valence-electron chi connectivity index (χ0n) is 14.7. The van der Waals surface area contributed by atoms with Gasteiger partial charge in [0.15, 0.2) is 11.6 Å². The molecule has 0 saturated carbocycles. The second-order valence-corrected chi connectivity index (χ2v) is 6.62. The minimum atomic E-state index is -4.67. The molecule has 7 nitrogen and oxygen atoms in total. The lowest BCUT2D eigenvalue weighted by Crippen LogP contribution is -2.36. The average Bonchev–Trinajstić information content (AvgIpc) is 3.09. The molecule has 0 bridgehead atoms. The van der Waals surface area contributed by atoms with Crippen molar-refractivity contribution in [3.63, 3.8) is 0 Å². The summed E-state index contributed by atoms with van der Waals surface area (Å²) in [5.41, 5.74) is -0.467. The van der Waals surface area contributed by atoms with Crippen LogP contribution in [0, 0.1) is 0 Å². The van der Waals surface area contributed by atoms with Crippen molar-refractivity contribution in [3.8, 4) is 11.5 Å². The summed E-state index contributed by atoms with van der Waals surface area (Å²) in [6, 6.07) is 3.22. The van der Waals surface area contributed by atoms with Gasteiger partial charge in [-0.25, -0.2) is 4.98 Å². The van der Waals surface area contributed by atoms with Gasteiger partial charge >= 0.3 is 6.18 Å². The normalized spacial score (nSPS) is 14.1. The third-order valence-corrected chi connectivity index (χ3v) is 4.83. The lowest BCUT2D eigenvalue weighted by atomic mass is 10.1. The second kappa shape index (κ2) is 6.96. The molecule has 0 unspecified atom stereocenters. The van der Waals surface area contributed by atoms with Crippen molar-refractivity contribution in [2.75, 3.05) is 0 Å². The van der Waals surface area contributed by atoms with E-state index in [-0.39, 0.29) is 18.7 Å². The van der Waals surface area contributed by atoms with E-state index < -0.39 is 22.7 Å². The zero-order chi connectivity index (χ0) is 20.8. The van der Waals surface area contributed by atoms with Crippen molar-refractivity contribution in [3.05, 3.63) is 71.0 Å². The monoisotopic (exact) mass is 420 g/mol. The van der Waals surface area contributed by atoms with Crippen molar-refractivity contribution in [2.24, 2.45) is 0 Å². The quantitative estimate of drug-likeness (QED) is 0.633. The van der Waals surface area contributed by atoms with E-state index in [9.17, 15) is 18.0 Å². The highest BCUT2D eigenvalue weighted by atomic mass is 35.5. The number of hydrogen-bond acceptors (Lipinski definition) is 5. The maximum absolute atomic E-state index is 13.1. The molecule has 0 aliphatic carbocycles. The van der Waals surface area contributed by atoms with Gasteiger partial charge in [-0.1, -0.05) is 24.2 Å². The van der Waals surface area contributed by atoms with Gasteiger partial charge in [-0.05, 0) is 12.1 Å². The van der Waals surface area contributed by atoms with E-state index in [0.29, 0.717) is 23.0 Å². The Labute approximate surface area is 167 Å². The molecule has 0 spiro atoms. The molecule has 148 valence electrons. The fraction of sp³-hybridized carbons (Fsp3) is 0.167. The fourth-order valence-corrected chi connectivity index (χ4v) is 3.33. The van der Waals surface area contributed by atoms with Crippen molar-refractivity contribution >= 4 is 17.5 Å². The summed E-state index contributed by atoms with van der Waals surface area (Å²) in [5, 5.41) is 7.51. The second-order valence-electron chi connectivity index (χ2n) is 6.24. The van der Waals surface area contributed by atoms with Crippen LogP contribution in [0.15, 0.2) is 49.1 Å². The number of hydrogen-bond donors (Lipinski definition) is 0. The Bertz CT molecular complexity index is 1110. The van der Waals surface area contributed by atoms with Crippen LogP contribution in [-0.4, -0.2) is 35.5 Å². The molecule has 1 aliphatic heterocycles. The number of amides is 1. The summed E-state index contributed by atoms with van der Waals surface area (Å²) >= 11 is 5.89. The van der Waals surface area contributed by atoms with Crippen molar-refractivity contribution < 1.29 is 18.0 Å². The minimum Gasteiger partial charge on any atom is -0.303 e. The average molecular weight is 421 g/mol. The van der Waals surface area contributed by atoms with Crippen molar-refractivity contribution in [1.82, 2.24) is 29.6 Å². The van der Waals surface area contributed by atoms with Crippen LogP contribution in [-0.2, 0) is 19.3 Å². The first-order valence-electron chi connectivity index (χ1n) is 8.31. The number of aromatic nitrogens is 5. The standard InChI is InChI=1S/C18H12ClF3N6O/c1-10-8-28-14(25-26-16(28)13-7-23-5-6-24-13)9-27(10)17(29)11-3-2-4-12(15(11)19)18(20,21)22/h2-7H,1,8-9H2. The van der Waals surface area contributed by atoms with Gasteiger partial charge in [0.2, 0.25) is 0 Å². The number of carbonyl (C=O) groups excluding carboxylic acids is 1. The zero-order valence-corrected chi connectivity index (χ0v) is 15.4. The SMILES string of the molecule is C=C1Cn2c(nnc2-c2cnccn2)CN1C(=O)c1cccc(C(F)(F)F)c1Cl. The molecule has 0 atom stereocenters. The van der Waals surface area contributed by atoms with Crippen LogP contribution < -0.4 is 0 Å². The minimum absolute atomic E-state index is 0.0164. The van der Waals surface area contributed by atoms with E-state index in [1.54, 1.807) is 4.57 Å². The molecule has 0 radical (unpaired) electrons. The van der Waals surface area contributed by atoms with E-state index >= 15 is 0 Å². The van der Waals surface area contributed by atoms with E-state index in [4.69, 9.17) is 11.6 Å². The molecule has 1 aromatic carbocycles. The molecule has 0 N–H and O–H groups in total. The lowest BCUT2D eigenvalue weighted by molar-refractivity contribution is -0.137. The summed E-state index contributed by atoms with van der Waals surface area (Å²) in [4.78, 5) is 22.3. The first kappa shape index (κ1) is 19.1. The van der Waals surface area contributed by atoms with Crippen molar-refractivity contribution in [1.29, 1.82) is 0 Å². The number of benzene rings is 1. The summed E-state index contributed by atoms with van der Waals surface area (Å²) in [6.07, 6.45) is -0.104. The van der Waals surface area contributed by atoms with Crippen LogP contribution in [0.25, 0.3) is 11.5 Å². The first-order chi connectivity index (χ1) is 13.8. The lowest BCUT2D eigenvalue weighted by Gasteiger charge is -2.30. The summed E-state index contributed by atoms with van der Waals surface area (Å²) in [5.74, 6) is 0.203. The number of halogens is 4. The molecule has 2 aromatic heterocycles. The molecule has 3 aromatic rings. The van der Waals surface area contributed by atoms with Gasteiger partial charge in [0.05, 0.1) is 35.4 Å². The van der Waals surface area contributed by atoms with Crippen LogP contribution in [0.2, 0.25) is 5.02 Å². The smallest absolute Gasteiger partial charge is 0.303 e. The third-order valence-electron chi connectivity index (χ3n) is 4.42. The van der Waals surface area contributed by atoms with Gasteiger partial charge < -0.3 is 9.47 Å². The van der Waals surface area contributed by atoms with E-state index in [0.717, 1.165) is 12.1 Å². The summed E-state index contributed by atoms with van der Waals surface area (Å²) in [6.45, 7) is 4.03. The number of fused-ring (bicyclic) bond motifs is 1. The molecule has 0 saturated heterocycles. The van der Waals surface area contributed by atoms with E-state index in [2.05, 4.69) is 26.7 Å². The number of carbonyl (C=O) groups is 1. The third kappa shape index (κ3) is 3.35. The number of allylic oxidation sites excluding steroid dienone is 1. The Hall–Kier alpha value is -3.27. The fourth-order valence-electron chi connectivity index (χ4n) is 3.02. The van der Waals surface area contributed by atoms with Crippen LogP contribution in [0.4, 0.5) is 13.2 Å². The molecule has 3 heterocycles. The molecular weight excluding hydrogens is 409 g/mol. The predicted molar refractivity (Wildman–Crippen MR) is 96.5 cm³/mol. The molecule has 11 heteroatoms. The van der Waals surface area contributed by atoms with Gasteiger partial charge in [-0.15, -0.1) is 10.2 Å². The Morgan fingerprint density at radius 2 is 1.97 bits per heavy atom. The van der Waals surface area contributed by atoms with Gasteiger partial charge in [-0.2, -0.15) is 13.2 Å². The summed E-state index contributed by atoms with van der Waals surface area (Å²) in [7, 11) is 0. The highest BCUT2D eigenvalue weighted by molar-refractivity contribution is 6.34. The summed E-state index contributed by atoms with van der Waals surface area (Å²) < 4.78 is 41.1. The number of nitrogens with zero attached hydrogens (tertiary/aromatic N) is 6. The van der Waals surface area contributed by atoms with Crippen LogP contribution in [0.1, 0.15) is 21.7 Å². The van der Waals surface area contributed by atoms with Gasteiger partial charge in [0.25, 0.3) is 5.91 Å². The van der Waals surface area contributed by atoms with Crippen LogP contribution in [0.3, 0.4) is 0 Å². The van der Waals surface area contributed by atoms with E-state index in [1.807, 2.05) is 0 Å². The molecule has 1 amide bonds. The Morgan fingerprint density at radius 1 is 1.17 bits per heavy atom. The van der Waals surface area contributed by atoms with Gasteiger partial charge in [0.1, 0.15) is 5.69 Å². The highest BCUT2D eigenvalue weighted by Crippen LogP contribution is 2.37. The number of rotatable bonds is 2. The van der Waals surface area contributed by atoms with Gasteiger partial charge in [-0.3, -0.25) is 9.78 Å². The molecule has 29 heavy (non-hydrogen) atoms. The molecule has 1 aliphatic rings. The Kier molecular flexibility index (Phi) is 4.58. The predicted octanol–water partition coefficient (Wildman–Crippen LogP) is 3.58.